The molecule has 0 saturated heterocycles. The molecule has 2 aromatic rings. The molecule has 1 atom stereocenters. The van der Waals surface area contributed by atoms with Crippen molar-refractivity contribution in [2.24, 2.45) is 0 Å². The van der Waals surface area contributed by atoms with Gasteiger partial charge in [-0.05, 0) is 55.3 Å². The lowest BCUT2D eigenvalue weighted by Crippen LogP contribution is -2.21. The van der Waals surface area contributed by atoms with Gasteiger partial charge in [-0.2, -0.15) is 0 Å². The van der Waals surface area contributed by atoms with E-state index in [4.69, 9.17) is 0 Å². The maximum absolute atomic E-state index is 13.1. The van der Waals surface area contributed by atoms with Crippen molar-refractivity contribution in [1.82, 2.24) is 5.32 Å². The van der Waals surface area contributed by atoms with Crippen molar-refractivity contribution in [3.63, 3.8) is 0 Å². The van der Waals surface area contributed by atoms with Gasteiger partial charge in [0.1, 0.15) is 5.82 Å². The van der Waals surface area contributed by atoms with Crippen LogP contribution in [-0.4, -0.2) is 6.54 Å². The summed E-state index contributed by atoms with van der Waals surface area (Å²) >= 11 is 0. The summed E-state index contributed by atoms with van der Waals surface area (Å²) in [5, 5.41) is 3.23. The Hall–Kier alpha value is -1.81. The summed E-state index contributed by atoms with van der Waals surface area (Å²) in [4.78, 5) is 0. The van der Waals surface area contributed by atoms with Crippen LogP contribution in [0.5, 0.6) is 0 Å². The van der Waals surface area contributed by atoms with Crippen LogP contribution in [0, 0.1) is 17.5 Å². The summed E-state index contributed by atoms with van der Waals surface area (Å²) in [6.07, 6.45) is 0.744. The SMILES string of the molecule is CC(NCCc1ccc(F)cc1)c1ccc(F)c(F)c1. The summed E-state index contributed by atoms with van der Waals surface area (Å²) in [5.74, 6) is -1.93. The zero-order chi connectivity index (χ0) is 14.5. The Morgan fingerprint density at radius 3 is 2.30 bits per heavy atom. The average Bonchev–Trinajstić information content (AvgIpc) is 2.44. The Bertz CT molecular complexity index is 566. The van der Waals surface area contributed by atoms with Gasteiger partial charge in [0, 0.05) is 6.04 Å². The van der Waals surface area contributed by atoms with Crippen molar-refractivity contribution >= 4 is 0 Å². The first-order valence-electron chi connectivity index (χ1n) is 6.49. The van der Waals surface area contributed by atoms with Crippen LogP contribution in [0.4, 0.5) is 13.2 Å². The fourth-order valence-electron chi connectivity index (χ4n) is 1.98. The lowest BCUT2D eigenvalue weighted by molar-refractivity contribution is 0.501. The second-order valence-corrected chi connectivity index (χ2v) is 4.73. The minimum Gasteiger partial charge on any atom is -0.310 e. The molecule has 2 aromatic carbocycles. The van der Waals surface area contributed by atoms with Gasteiger partial charge in [-0.3, -0.25) is 0 Å². The fourth-order valence-corrected chi connectivity index (χ4v) is 1.98. The van der Waals surface area contributed by atoms with E-state index in [9.17, 15) is 13.2 Å². The summed E-state index contributed by atoms with van der Waals surface area (Å²) in [5.41, 5.74) is 1.72. The van der Waals surface area contributed by atoms with Crippen LogP contribution in [0.25, 0.3) is 0 Å². The summed E-state index contributed by atoms with van der Waals surface area (Å²) in [6.45, 7) is 2.56. The van der Waals surface area contributed by atoms with Crippen LogP contribution in [0.1, 0.15) is 24.1 Å². The van der Waals surface area contributed by atoms with Gasteiger partial charge in [-0.25, -0.2) is 13.2 Å². The number of hydrogen-bond acceptors (Lipinski definition) is 1. The average molecular weight is 279 g/mol. The molecule has 20 heavy (non-hydrogen) atoms. The first kappa shape index (κ1) is 14.6. The van der Waals surface area contributed by atoms with Crippen LogP contribution in [0.3, 0.4) is 0 Å². The summed E-state index contributed by atoms with van der Waals surface area (Å²) in [6, 6.07) is 10.1. The van der Waals surface area contributed by atoms with Gasteiger partial charge >= 0.3 is 0 Å². The molecule has 2 rings (SSSR count). The molecule has 0 aliphatic heterocycles. The van der Waals surface area contributed by atoms with Gasteiger partial charge in [0.05, 0.1) is 0 Å². The highest BCUT2D eigenvalue weighted by Crippen LogP contribution is 2.16. The highest BCUT2D eigenvalue weighted by atomic mass is 19.2. The second-order valence-electron chi connectivity index (χ2n) is 4.73. The molecule has 0 spiro atoms. The van der Waals surface area contributed by atoms with E-state index in [0.717, 1.165) is 18.1 Å². The van der Waals surface area contributed by atoms with Gasteiger partial charge in [-0.1, -0.05) is 18.2 Å². The third kappa shape index (κ3) is 3.84. The van der Waals surface area contributed by atoms with E-state index in [0.29, 0.717) is 12.1 Å². The second kappa shape index (κ2) is 6.57. The van der Waals surface area contributed by atoms with Crippen molar-refractivity contribution in [3.8, 4) is 0 Å². The van der Waals surface area contributed by atoms with Crippen molar-refractivity contribution in [2.45, 2.75) is 19.4 Å². The molecule has 0 aliphatic rings. The molecule has 106 valence electrons. The number of nitrogens with one attached hydrogen (secondary N) is 1. The normalized spacial score (nSPS) is 12.4. The van der Waals surface area contributed by atoms with Gasteiger partial charge < -0.3 is 5.32 Å². The van der Waals surface area contributed by atoms with Crippen LogP contribution in [0.2, 0.25) is 0 Å². The van der Waals surface area contributed by atoms with E-state index >= 15 is 0 Å². The topological polar surface area (TPSA) is 12.0 Å². The Labute approximate surface area is 116 Å². The van der Waals surface area contributed by atoms with E-state index in [-0.39, 0.29) is 11.9 Å². The molecule has 0 heterocycles. The first-order valence-corrected chi connectivity index (χ1v) is 6.49. The molecule has 1 unspecified atom stereocenters. The Morgan fingerprint density at radius 2 is 1.65 bits per heavy atom. The van der Waals surface area contributed by atoms with Crippen LogP contribution < -0.4 is 5.32 Å². The minimum absolute atomic E-state index is 0.0782. The molecule has 0 saturated carbocycles. The van der Waals surface area contributed by atoms with Crippen LogP contribution >= 0.6 is 0 Å². The quantitative estimate of drug-likeness (QED) is 0.872. The first-order chi connectivity index (χ1) is 9.56. The molecule has 1 N–H and O–H groups in total. The van der Waals surface area contributed by atoms with E-state index < -0.39 is 11.6 Å². The van der Waals surface area contributed by atoms with Crippen molar-refractivity contribution in [1.29, 1.82) is 0 Å². The molecular weight excluding hydrogens is 263 g/mol. The molecule has 0 amide bonds. The van der Waals surface area contributed by atoms with Crippen LogP contribution in [0.15, 0.2) is 42.5 Å². The standard InChI is InChI=1S/C16H16F3N/c1-11(13-4-7-15(18)16(19)10-13)20-9-8-12-2-5-14(17)6-3-12/h2-7,10-11,20H,8-9H2,1H3. The zero-order valence-corrected chi connectivity index (χ0v) is 11.2. The minimum atomic E-state index is -0.840. The van der Waals surface area contributed by atoms with E-state index in [1.54, 1.807) is 18.2 Å². The van der Waals surface area contributed by atoms with Gasteiger partial charge in [0.25, 0.3) is 0 Å². The Morgan fingerprint density at radius 1 is 0.950 bits per heavy atom. The smallest absolute Gasteiger partial charge is 0.159 e. The van der Waals surface area contributed by atoms with E-state index in [1.165, 1.54) is 18.2 Å². The Balaban J connectivity index is 1.87. The number of halogens is 3. The lowest BCUT2D eigenvalue weighted by atomic mass is 10.1. The molecule has 4 heteroatoms. The van der Waals surface area contributed by atoms with Gasteiger partial charge in [0.15, 0.2) is 11.6 Å². The number of benzene rings is 2. The van der Waals surface area contributed by atoms with E-state index in [2.05, 4.69) is 5.32 Å². The van der Waals surface area contributed by atoms with Crippen molar-refractivity contribution in [3.05, 3.63) is 71.0 Å². The van der Waals surface area contributed by atoms with Crippen LogP contribution in [-0.2, 0) is 6.42 Å². The maximum atomic E-state index is 13.1. The third-order valence-corrected chi connectivity index (χ3v) is 3.22. The summed E-state index contributed by atoms with van der Waals surface area (Å²) in [7, 11) is 0. The van der Waals surface area contributed by atoms with Crippen molar-refractivity contribution < 1.29 is 13.2 Å². The Kier molecular flexibility index (Phi) is 4.79. The van der Waals surface area contributed by atoms with Gasteiger partial charge in [0.2, 0.25) is 0 Å². The number of rotatable bonds is 5. The molecule has 0 bridgehead atoms. The highest BCUT2D eigenvalue weighted by Gasteiger charge is 2.08. The van der Waals surface area contributed by atoms with E-state index in [1.807, 2.05) is 6.92 Å². The van der Waals surface area contributed by atoms with Crippen molar-refractivity contribution in [2.75, 3.05) is 6.54 Å². The molecule has 0 aliphatic carbocycles. The molecule has 0 fully saturated rings. The summed E-state index contributed by atoms with van der Waals surface area (Å²) < 4.78 is 38.7. The highest BCUT2D eigenvalue weighted by molar-refractivity contribution is 5.21. The molecule has 1 nitrogen and oxygen atoms in total. The zero-order valence-electron chi connectivity index (χ0n) is 11.2. The largest absolute Gasteiger partial charge is 0.310 e. The predicted molar refractivity (Wildman–Crippen MR) is 72.9 cm³/mol. The molecule has 0 radical (unpaired) electrons. The van der Waals surface area contributed by atoms with Gasteiger partial charge in [-0.15, -0.1) is 0 Å². The fraction of sp³-hybridized carbons (Fsp3) is 0.250. The predicted octanol–water partition coefficient (Wildman–Crippen LogP) is 4.00. The molecule has 0 aromatic heterocycles. The number of hydrogen-bond donors (Lipinski definition) is 1. The molecular formula is C16H16F3N. The maximum Gasteiger partial charge on any atom is 0.159 e. The third-order valence-electron chi connectivity index (χ3n) is 3.22. The monoisotopic (exact) mass is 279 g/mol. The lowest BCUT2D eigenvalue weighted by Gasteiger charge is -2.14.